The van der Waals surface area contributed by atoms with Gasteiger partial charge < -0.3 is 5.32 Å². The number of hydrogen-bond acceptors (Lipinski definition) is 4. The van der Waals surface area contributed by atoms with E-state index in [-0.39, 0.29) is 33.9 Å². The van der Waals surface area contributed by atoms with Gasteiger partial charge in [-0.2, -0.15) is 0 Å². The number of nitrogens with zero attached hydrogens (tertiary/aromatic N) is 1. The Balaban J connectivity index is 1.96. The van der Waals surface area contributed by atoms with E-state index in [1.165, 1.54) is 18.2 Å². The average Bonchev–Trinajstić information content (AvgIpc) is 2.88. The van der Waals surface area contributed by atoms with Crippen LogP contribution in [0.1, 0.15) is 43.1 Å². The van der Waals surface area contributed by atoms with E-state index < -0.39 is 21.8 Å². The Morgan fingerprint density at radius 3 is 2.43 bits per heavy atom. The summed E-state index contributed by atoms with van der Waals surface area (Å²) in [5.74, 6) is -1.24. The molecule has 1 saturated heterocycles. The van der Waals surface area contributed by atoms with E-state index in [1.807, 2.05) is 45.0 Å². The number of carbonyl (C=O) groups excluding carboxylic acids is 2. The minimum Gasteiger partial charge on any atom is -0.322 e. The molecule has 0 saturated carbocycles. The SMILES string of the molecule is CC(C)(C)c1ccccc1NC(=O)c1ccc(Cl)c(N2C(=O)CCS2(=O)=O)c1. The average molecular weight is 421 g/mol. The van der Waals surface area contributed by atoms with E-state index >= 15 is 0 Å². The topological polar surface area (TPSA) is 83.6 Å². The first-order valence-electron chi connectivity index (χ1n) is 8.77. The maximum atomic E-state index is 12.8. The second kappa shape index (κ2) is 7.22. The van der Waals surface area contributed by atoms with Crippen LogP contribution >= 0.6 is 11.6 Å². The first-order chi connectivity index (χ1) is 13.0. The van der Waals surface area contributed by atoms with Gasteiger partial charge in [-0.05, 0) is 35.2 Å². The van der Waals surface area contributed by atoms with Crippen molar-refractivity contribution < 1.29 is 18.0 Å². The molecule has 0 aliphatic carbocycles. The molecule has 3 rings (SSSR count). The second-order valence-corrected chi connectivity index (χ2v) is 9.98. The van der Waals surface area contributed by atoms with Gasteiger partial charge in [0.05, 0.1) is 16.5 Å². The molecule has 6 nitrogen and oxygen atoms in total. The van der Waals surface area contributed by atoms with Gasteiger partial charge in [0.15, 0.2) is 0 Å². The first kappa shape index (κ1) is 20.4. The molecule has 1 fully saturated rings. The Morgan fingerprint density at radius 1 is 1.14 bits per heavy atom. The largest absolute Gasteiger partial charge is 0.322 e. The molecule has 0 aromatic heterocycles. The normalized spacial score (nSPS) is 16.3. The lowest BCUT2D eigenvalue weighted by Crippen LogP contribution is -2.30. The molecule has 0 unspecified atom stereocenters. The van der Waals surface area contributed by atoms with Gasteiger partial charge in [-0.3, -0.25) is 9.59 Å². The summed E-state index contributed by atoms with van der Waals surface area (Å²) in [6.07, 6.45) is -0.103. The molecule has 0 spiro atoms. The molecule has 148 valence electrons. The smallest absolute Gasteiger partial charge is 0.255 e. The van der Waals surface area contributed by atoms with E-state index in [1.54, 1.807) is 0 Å². The van der Waals surface area contributed by atoms with Crippen LogP contribution < -0.4 is 9.62 Å². The number of carbonyl (C=O) groups is 2. The fraction of sp³-hybridized carbons (Fsp3) is 0.300. The van der Waals surface area contributed by atoms with Crippen molar-refractivity contribution in [2.75, 3.05) is 15.4 Å². The van der Waals surface area contributed by atoms with Crippen molar-refractivity contribution in [3.8, 4) is 0 Å². The molecule has 2 amide bonds. The maximum Gasteiger partial charge on any atom is 0.255 e. The van der Waals surface area contributed by atoms with Gasteiger partial charge >= 0.3 is 0 Å². The van der Waals surface area contributed by atoms with Crippen LogP contribution in [-0.2, 0) is 20.2 Å². The first-order valence-corrected chi connectivity index (χ1v) is 10.8. The molecule has 0 bridgehead atoms. The summed E-state index contributed by atoms with van der Waals surface area (Å²) in [6.45, 7) is 6.13. The summed E-state index contributed by atoms with van der Waals surface area (Å²) in [7, 11) is -3.77. The summed E-state index contributed by atoms with van der Waals surface area (Å²) >= 11 is 6.13. The van der Waals surface area contributed by atoms with Gasteiger partial charge in [-0.15, -0.1) is 0 Å². The summed E-state index contributed by atoms with van der Waals surface area (Å²) < 4.78 is 25.1. The van der Waals surface area contributed by atoms with E-state index in [0.29, 0.717) is 9.99 Å². The fourth-order valence-corrected chi connectivity index (χ4v) is 4.82. The van der Waals surface area contributed by atoms with E-state index in [4.69, 9.17) is 11.6 Å². The number of hydrogen-bond donors (Lipinski definition) is 1. The third-order valence-corrected chi connectivity index (χ3v) is 6.49. The third kappa shape index (κ3) is 3.91. The quantitative estimate of drug-likeness (QED) is 0.814. The zero-order valence-electron chi connectivity index (χ0n) is 15.8. The van der Waals surface area contributed by atoms with Gasteiger partial charge in [-0.1, -0.05) is 50.6 Å². The zero-order valence-corrected chi connectivity index (χ0v) is 17.4. The van der Waals surface area contributed by atoms with Gasteiger partial charge in [0.2, 0.25) is 15.9 Å². The highest BCUT2D eigenvalue weighted by molar-refractivity contribution is 7.94. The van der Waals surface area contributed by atoms with E-state index in [9.17, 15) is 18.0 Å². The third-order valence-electron chi connectivity index (χ3n) is 4.49. The molecule has 1 aliphatic heterocycles. The highest BCUT2D eigenvalue weighted by atomic mass is 35.5. The lowest BCUT2D eigenvalue weighted by atomic mass is 9.86. The van der Waals surface area contributed by atoms with Crippen LogP contribution in [0.4, 0.5) is 11.4 Å². The van der Waals surface area contributed by atoms with E-state index in [2.05, 4.69) is 5.32 Å². The fourth-order valence-electron chi connectivity index (χ4n) is 3.10. The number of benzene rings is 2. The van der Waals surface area contributed by atoms with Gasteiger partial charge in [0, 0.05) is 17.7 Å². The van der Waals surface area contributed by atoms with Crippen LogP contribution in [0.2, 0.25) is 5.02 Å². The van der Waals surface area contributed by atoms with Crippen LogP contribution in [0.5, 0.6) is 0 Å². The molecule has 28 heavy (non-hydrogen) atoms. The van der Waals surface area contributed by atoms with Crippen LogP contribution in [0.25, 0.3) is 0 Å². The highest BCUT2D eigenvalue weighted by Gasteiger charge is 2.37. The van der Waals surface area contributed by atoms with E-state index in [0.717, 1.165) is 5.56 Å². The lowest BCUT2D eigenvalue weighted by molar-refractivity contribution is -0.116. The van der Waals surface area contributed by atoms with Crippen molar-refractivity contribution in [1.82, 2.24) is 0 Å². The zero-order chi connectivity index (χ0) is 20.7. The van der Waals surface area contributed by atoms with Gasteiger partial charge in [0.1, 0.15) is 0 Å². The molecule has 0 radical (unpaired) electrons. The predicted octanol–water partition coefficient (Wildman–Crippen LogP) is 3.96. The Labute approximate surface area is 169 Å². The number of para-hydroxylation sites is 1. The number of anilines is 2. The molecule has 2 aromatic rings. The minimum absolute atomic E-state index is 0.000855. The molecule has 1 N–H and O–H groups in total. The van der Waals surface area contributed by atoms with Gasteiger partial charge in [0.25, 0.3) is 5.91 Å². The molecule has 8 heteroatoms. The number of amides is 2. The number of sulfonamides is 1. The number of rotatable bonds is 3. The molecular weight excluding hydrogens is 400 g/mol. The molecule has 1 heterocycles. The second-order valence-electron chi connectivity index (χ2n) is 7.64. The summed E-state index contributed by atoms with van der Waals surface area (Å²) in [6, 6.07) is 11.7. The summed E-state index contributed by atoms with van der Waals surface area (Å²) in [5.41, 5.74) is 1.67. The van der Waals surface area contributed by atoms with Crippen molar-refractivity contribution >= 4 is 44.8 Å². The molecule has 0 atom stereocenters. The van der Waals surface area contributed by atoms with Crippen molar-refractivity contribution in [3.05, 3.63) is 58.6 Å². The lowest BCUT2D eigenvalue weighted by Gasteiger charge is -2.23. The minimum atomic E-state index is -3.77. The van der Waals surface area contributed by atoms with Crippen LogP contribution in [0.3, 0.4) is 0 Å². The van der Waals surface area contributed by atoms with Crippen molar-refractivity contribution in [2.24, 2.45) is 0 Å². The number of nitrogens with one attached hydrogen (secondary N) is 1. The monoisotopic (exact) mass is 420 g/mol. The summed E-state index contributed by atoms with van der Waals surface area (Å²) in [5, 5.41) is 2.96. The van der Waals surface area contributed by atoms with Crippen molar-refractivity contribution in [3.63, 3.8) is 0 Å². The van der Waals surface area contributed by atoms with Crippen molar-refractivity contribution in [1.29, 1.82) is 0 Å². The van der Waals surface area contributed by atoms with Crippen LogP contribution in [-0.4, -0.2) is 26.0 Å². The Morgan fingerprint density at radius 2 is 1.82 bits per heavy atom. The Hall–Kier alpha value is -2.38. The molecule has 2 aromatic carbocycles. The molecular formula is C20H21ClN2O4S. The van der Waals surface area contributed by atoms with Crippen LogP contribution in [0, 0.1) is 0 Å². The predicted molar refractivity (Wildman–Crippen MR) is 110 cm³/mol. The van der Waals surface area contributed by atoms with Crippen LogP contribution in [0.15, 0.2) is 42.5 Å². The summed E-state index contributed by atoms with van der Waals surface area (Å²) in [4.78, 5) is 24.9. The highest BCUT2D eigenvalue weighted by Crippen LogP contribution is 2.34. The Kier molecular flexibility index (Phi) is 5.25. The Bertz CT molecular complexity index is 1060. The molecule has 1 aliphatic rings. The standard InChI is InChI=1S/C20H21ClN2O4S/c1-20(2,3)14-6-4-5-7-16(14)22-19(25)13-8-9-15(21)17(12-13)23-18(24)10-11-28(23,26)27/h4-9,12H,10-11H2,1-3H3,(H,22,25). The maximum absolute atomic E-state index is 12.8. The van der Waals surface area contributed by atoms with Gasteiger partial charge in [-0.25, -0.2) is 12.7 Å². The number of halogens is 1. The van der Waals surface area contributed by atoms with Crippen molar-refractivity contribution in [2.45, 2.75) is 32.6 Å².